The predicted octanol–water partition coefficient (Wildman–Crippen LogP) is 1.86. The van der Waals surface area contributed by atoms with Gasteiger partial charge in [-0.2, -0.15) is 0 Å². The van der Waals surface area contributed by atoms with Crippen LogP contribution in [0.25, 0.3) is 0 Å². The lowest BCUT2D eigenvalue weighted by molar-refractivity contribution is 0.138. The zero-order valence-electron chi connectivity index (χ0n) is 9.40. The summed E-state index contributed by atoms with van der Waals surface area (Å²) in [6.45, 7) is 8.42. The second-order valence-corrected chi connectivity index (χ2v) is 4.54. The molecule has 1 rings (SSSR count). The fraction of sp³-hybridized carbons (Fsp3) is 1.00. The molecule has 0 aromatic carbocycles. The van der Waals surface area contributed by atoms with Gasteiger partial charge in [0.05, 0.1) is 0 Å². The van der Waals surface area contributed by atoms with Gasteiger partial charge >= 0.3 is 0 Å². The highest BCUT2D eigenvalue weighted by molar-refractivity contribution is 4.89. The molecule has 0 spiro atoms. The third kappa shape index (κ3) is 3.28. The van der Waals surface area contributed by atoms with E-state index in [9.17, 15) is 0 Å². The van der Waals surface area contributed by atoms with E-state index in [2.05, 4.69) is 31.1 Å². The summed E-state index contributed by atoms with van der Waals surface area (Å²) in [7, 11) is 2.09. The Bertz CT molecular complexity index is 147. The van der Waals surface area contributed by atoms with E-state index in [1.807, 2.05) is 0 Å². The van der Waals surface area contributed by atoms with Crippen LogP contribution >= 0.6 is 0 Å². The maximum atomic E-state index is 3.45. The smallest absolute Gasteiger partial charge is 0.0278 e. The fourth-order valence-corrected chi connectivity index (χ4v) is 2.12. The molecule has 0 amide bonds. The average Bonchev–Trinajstić information content (AvgIpc) is 2.15. The molecule has 13 heavy (non-hydrogen) atoms. The van der Waals surface area contributed by atoms with Crippen molar-refractivity contribution in [1.82, 2.24) is 10.2 Å². The van der Waals surface area contributed by atoms with Crippen LogP contribution in [0.2, 0.25) is 0 Å². The number of unbranched alkanes of at least 4 members (excludes halogenated alkanes) is 1. The third-order valence-electron chi connectivity index (χ3n) is 3.21. The van der Waals surface area contributed by atoms with Crippen molar-refractivity contribution in [2.24, 2.45) is 0 Å². The third-order valence-corrected chi connectivity index (χ3v) is 3.21. The van der Waals surface area contributed by atoms with Crippen LogP contribution in [-0.4, -0.2) is 37.1 Å². The Balaban J connectivity index is 2.33. The number of likely N-dealkylation sites (N-methyl/N-ethyl adjacent to an activating group) is 1. The number of likely N-dealkylation sites (tertiary alicyclic amines) is 1. The maximum absolute atomic E-state index is 3.45. The lowest BCUT2D eigenvalue weighted by Crippen LogP contribution is -2.53. The van der Waals surface area contributed by atoms with E-state index in [0.29, 0.717) is 5.54 Å². The van der Waals surface area contributed by atoms with Crippen molar-refractivity contribution in [2.75, 3.05) is 26.7 Å². The molecule has 0 aromatic heterocycles. The largest absolute Gasteiger partial charge is 0.313 e. The van der Waals surface area contributed by atoms with E-state index in [1.54, 1.807) is 0 Å². The molecule has 2 nitrogen and oxygen atoms in total. The fourth-order valence-electron chi connectivity index (χ4n) is 2.12. The number of hydrogen-bond donors (Lipinski definition) is 1. The van der Waals surface area contributed by atoms with Crippen molar-refractivity contribution in [1.29, 1.82) is 0 Å². The van der Waals surface area contributed by atoms with Crippen LogP contribution in [0.1, 0.15) is 39.5 Å². The predicted molar refractivity (Wildman–Crippen MR) is 58.0 cm³/mol. The summed E-state index contributed by atoms with van der Waals surface area (Å²) < 4.78 is 0. The highest BCUT2D eigenvalue weighted by atomic mass is 15.2. The lowest BCUT2D eigenvalue weighted by atomic mass is 9.91. The molecule has 1 aliphatic heterocycles. The van der Waals surface area contributed by atoms with Crippen LogP contribution in [0.4, 0.5) is 0 Å². The normalized spacial score (nSPS) is 30.7. The standard InChI is InChI=1S/C11H24N2/c1-4-5-8-13-9-6-7-11(2,10-13)12-3/h12H,4-10H2,1-3H3. The van der Waals surface area contributed by atoms with Crippen molar-refractivity contribution in [3.63, 3.8) is 0 Å². The molecule has 1 aliphatic rings. The number of nitrogens with zero attached hydrogens (tertiary/aromatic N) is 1. The first-order valence-electron chi connectivity index (χ1n) is 5.61. The monoisotopic (exact) mass is 184 g/mol. The molecule has 0 radical (unpaired) electrons. The van der Waals surface area contributed by atoms with Crippen molar-refractivity contribution in [2.45, 2.75) is 45.1 Å². The number of piperidine rings is 1. The van der Waals surface area contributed by atoms with Crippen LogP contribution in [0.3, 0.4) is 0 Å². The minimum atomic E-state index is 0.367. The highest BCUT2D eigenvalue weighted by Gasteiger charge is 2.28. The molecule has 1 fully saturated rings. The molecule has 1 N–H and O–H groups in total. The molecule has 0 saturated carbocycles. The molecular weight excluding hydrogens is 160 g/mol. The van der Waals surface area contributed by atoms with Gasteiger partial charge in [0.1, 0.15) is 0 Å². The van der Waals surface area contributed by atoms with Crippen LogP contribution in [-0.2, 0) is 0 Å². The maximum Gasteiger partial charge on any atom is 0.0278 e. The number of hydrogen-bond acceptors (Lipinski definition) is 2. The number of nitrogens with one attached hydrogen (secondary N) is 1. The highest BCUT2D eigenvalue weighted by Crippen LogP contribution is 2.20. The summed E-state index contributed by atoms with van der Waals surface area (Å²) >= 11 is 0. The van der Waals surface area contributed by atoms with Crippen molar-refractivity contribution in [3.05, 3.63) is 0 Å². The minimum absolute atomic E-state index is 0.367. The summed E-state index contributed by atoms with van der Waals surface area (Å²) in [4.78, 5) is 2.60. The van der Waals surface area contributed by atoms with Crippen molar-refractivity contribution < 1.29 is 0 Å². The summed E-state index contributed by atoms with van der Waals surface area (Å²) in [5.74, 6) is 0. The lowest BCUT2D eigenvalue weighted by Gasteiger charge is -2.40. The molecule has 1 saturated heterocycles. The molecule has 2 heteroatoms. The topological polar surface area (TPSA) is 15.3 Å². The quantitative estimate of drug-likeness (QED) is 0.717. The Labute approximate surface area is 82.7 Å². The first-order chi connectivity index (χ1) is 6.20. The van der Waals surface area contributed by atoms with Gasteiger partial charge < -0.3 is 10.2 Å². The van der Waals surface area contributed by atoms with E-state index in [-0.39, 0.29) is 0 Å². The summed E-state index contributed by atoms with van der Waals surface area (Å²) in [5.41, 5.74) is 0.367. The average molecular weight is 184 g/mol. The molecule has 78 valence electrons. The van der Waals surface area contributed by atoms with Crippen LogP contribution < -0.4 is 5.32 Å². The van der Waals surface area contributed by atoms with Crippen molar-refractivity contribution in [3.8, 4) is 0 Å². The zero-order chi connectivity index (χ0) is 9.73. The van der Waals surface area contributed by atoms with Gasteiger partial charge in [-0.15, -0.1) is 0 Å². The molecular formula is C11H24N2. The van der Waals surface area contributed by atoms with Gasteiger partial charge in [-0.1, -0.05) is 13.3 Å². The van der Waals surface area contributed by atoms with Gasteiger partial charge in [-0.3, -0.25) is 0 Å². The van der Waals surface area contributed by atoms with Gasteiger partial charge in [0.25, 0.3) is 0 Å². The van der Waals surface area contributed by atoms with E-state index in [0.717, 1.165) is 0 Å². The van der Waals surface area contributed by atoms with Gasteiger partial charge in [-0.05, 0) is 46.3 Å². The molecule has 1 heterocycles. The van der Waals surface area contributed by atoms with Gasteiger partial charge in [0.2, 0.25) is 0 Å². The van der Waals surface area contributed by atoms with E-state index >= 15 is 0 Å². The summed E-state index contributed by atoms with van der Waals surface area (Å²) in [6, 6.07) is 0. The Morgan fingerprint density at radius 1 is 1.46 bits per heavy atom. The van der Waals surface area contributed by atoms with E-state index < -0.39 is 0 Å². The molecule has 1 atom stereocenters. The second kappa shape index (κ2) is 4.97. The second-order valence-electron chi connectivity index (χ2n) is 4.54. The number of rotatable bonds is 4. The van der Waals surface area contributed by atoms with Crippen LogP contribution in [0.5, 0.6) is 0 Å². The summed E-state index contributed by atoms with van der Waals surface area (Å²) in [5, 5.41) is 3.45. The van der Waals surface area contributed by atoms with Crippen molar-refractivity contribution >= 4 is 0 Å². The van der Waals surface area contributed by atoms with E-state index in [1.165, 1.54) is 45.3 Å². The first-order valence-corrected chi connectivity index (χ1v) is 5.61. The van der Waals surface area contributed by atoms with Crippen LogP contribution in [0, 0.1) is 0 Å². The first kappa shape index (κ1) is 11.0. The molecule has 0 bridgehead atoms. The molecule has 1 unspecified atom stereocenters. The van der Waals surface area contributed by atoms with Gasteiger partial charge in [-0.25, -0.2) is 0 Å². The Kier molecular flexibility index (Phi) is 4.20. The summed E-state index contributed by atoms with van der Waals surface area (Å²) in [6.07, 6.45) is 5.33. The Hall–Kier alpha value is -0.0800. The molecule has 0 aromatic rings. The van der Waals surface area contributed by atoms with Gasteiger partial charge in [0.15, 0.2) is 0 Å². The minimum Gasteiger partial charge on any atom is -0.313 e. The Morgan fingerprint density at radius 3 is 2.85 bits per heavy atom. The zero-order valence-corrected chi connectivity index (χ0v) is 9.40. The van der Waals surface area contributed by atoms with Crippen LogP contribution in [0.15, 0.2) is 0 Å². The van der Waals surface area contributed by atoms with E-state index in [4.69, 9.17) is 0 Å². The Morgan fingerprint density at radius 2 is 2.23 bits per heavy atom. The van der Waals surface area contributed by atoms with Gasteiger partial charge in [0, 0.05) is 12.1 Å². The SMILES string of the molecule is CCCCN1CCCC(C)(NC)C1. The molecule has 0 aliphatic carbocycles.